The van der Waals surface area contributed by atoms with Gasteiger partial charge in [-0.25, -0.2) is 0 Å². The summed E-state index contributed by atoms with van der Waals surface area (Å²) in [6.45, 7) is 0. The Balaban J connectivity index is 0.000000291. The first kappa shape index (κ1) is 7.80. The van der Waals surface area contributed by atoms with Crippen LogP contribution in [0.25, 0.3) is 0 Å². The van der Waals surface area contributed by atoms with E-state index in [1.165, 1.54) is 12.2 Å². The second-order valence-electron chi connectivity index (χ2n) is 1.19. The number of carbonyl (C=O) groups is 2. The zero-order valence-electron chi connectivity index (χ0n) is 4.63. The van der Waals surface area contributed by atoms with Crippen LogP contribution >= 0.6 is 0 Å². The predicted molar refractivity (Wildman–Crippen MR) is 30.7 cm³/mol. The van der Waals surface area contributed by atoms with E-state index in [1.54, 1.807) is 0 Å². The summed E-state index contributed by atoms with van der Waals surface area (Å²) in [5, 5.41) is 2.03. The lowest BCUT2D eigenvalue weighted by Crippen LogP contribution is -2.19. The average Bonchev–Trinajstić information content (AvgIpc) is 2.20. The molecule has 1 aliphatic heterocycles. The third-order valence-electron chi connectivity index (χ3n) is 0.632. The Morgan fingerprint density at radius 1 is 1.11 bits per heavy atom. The van der Waals surface area contributed by atoms with Gasteiger partial charge in [0.25, 0.3) is 11.8 Å². The topological polar surface area (TPSA) is 98.2 Å². The number of nitrogens with two attached hydrogens (primary N) is 2. The molecule has 0 saturated heterocycles. The number of rotatable bonds is 0. The number of hydrogen-bond acceptors (Lipinski definition) is 4. The molecule has 5 nitrogen and oxygen atoms in total. The fourth-order valence-electron chi connectivity index (χ4n) is 0.356. The molecule has 0 spiro atoms. The molecule has 0 aromatic carbocycles. The Labute approximate surface area is 51.7 Å². The highest BCUT2D eigenvalue weighted by Gasteiger charge is 2.06. The van der Waals surface area contributed by atoms with Crippen molar-refractivity contribution in [1.82, 2.24) is 5.32 Å². The second kappa shape index (κ2) is 3.76. The first-order valence-corrected chi connectivity index (χ1v) is 2.15. The number of nitrogens with one attached hydrogen (secondary N) is 1. The summed E-state index contributed by atoms with van der Waals surface area (Å²) in [7, 11) is 0. The van der Waals surface area contributed by atoms with E-state index in [2.05, 4.69) is 11.7 Å². The van der Waals surface area contributed by atoms with Gasteiger partial charge in [-0.15, -0.1) is 0 Å². The SMILES string of the molecule is NN.O=C1C=CC(=O)N1. The van der Waals surface area contributed by atoms with Crippen molar-refractivity contribution in [3.8, 4) is 0 Å². The quantitative estimate of drug-likeness (QED) is 0.200. The molecule has 1 aliphatic rings. The van der Waals surface area contributed by atoms with E-state index < -0.39 is 0 Å². The zero-order chi connectivity index (χ0) is 7.28. The van der Waals surface area contributed by atoms with Gasteiger partial charge in [-0.3, -0.25) is 26.6 Å². The van der Waals surface area contributed by atoms with E-state index in [1.807, 2.05) is 5.32 Å². The zero-order valence-corrected chi connectivity index (χ0v) is 4.63. The Bertz CT molecular complexity index is 136. The maximum absolute atomic E-state index is 10.0. The van der Waals surface area contributed by atoms with E-state index in [-0.39, 0.29) is 11.8 Å². The molecule has 0 aliphatic carbocycles. The smallest absolute Gasteiger partial charge is 0.250 e. The summed E-state index contributed by atoms with van der Waals surface area (Å²) in [5.74, 6) is 7.34. The van der Waals surface area contributed by atoms with Crippen molar-refractivity contribution < 1.29 is 9.59 Å². The normalized spacial score (nSPS) is 14.4. The van der Waals surface area contributed by atoms with Crippen molar-refractivity contribution in [2.45, 2.75) is 0 Å². The van der Waals surface area contributed by atoms with Crippen LogP contribution in [-0.2, 0) is 9.59 Å². The number of hydrogen-bond donors (Lipinski definition) is 3. The monoisotopic (exact) mass is 129 g/mol. The number of amides is 2. The molecule has 1 rings (SSSR count). The van der Waals surface area contributed by atoms with E-state index in [0.717, 1.165) is 0 Å². The van der Waals surface area contributed by atoms with Crippen LogP contribution in [-0.4, -0.2) is 11.8 Å². The highest BCUT2D eigenvalue weighted by molar-refractivity contribution is 6.12. The summed E-state index contributed by atoms with van der Waals surface area (Å²) in [4.78, 5) is 20.1. The molecule has 0 bridgehead atoms. The van der Waals surface area contributed by atoms with Crippen LogP contribution in [0, 0.1) is 0 Å². The van der Waals surface area contributed by atoms with Crippen molar-refractivity contribution >= 4 is 11.8 Å². The molecule has 5 N–H and O–H groups in total. The Hall–Kier alpha value is -1.20. The van der Waals surface area contributed by atoms with Gasteiger partial charge in [0, 0.05) is 12.2 Å². The van der Waals surface area contributed by atoms with Crippen LogP contribution in [0.3, 0.4) is 0 Å². The molecular formula is C4H7N3O2. The summed E-state index contributed by atoms with van der Waals surface area (Å²) >= 11 is 0. The highest BCUT2D eigenvalue weighted by Crippen LogP contribution is 1.82. The molecular weight excluding hydrogens is 122 g/mol. The van der Waals surface area contributed by atoms with Crippen LogP contribution in [0.2, 0.25) is 0 Å². The number of hydrazine groups is 1. The number of imide groups is 1. The fraction of sp³-hybridized carbons (Fsp3) is 0. The van der Waals surface area contributed by atoms with Crippen LogP contribution in [0.5, 0.6) is 0 Å². The Kier molecular flexibility index (Phi) is 3.26. The average molecular weight is 129 g/mol. The lowest BCUT2D eigenvalue weighted by molar-refractivity contribution is -0.123. The molecule has 0 aromatic rings. The Morgan fingerprint density at radius 2 is 1.44 bits per heavy atom. The minimum atomic E-state index is -0.329. The first-order chi connectivity index (χ1) is 4.29. The third kappa shape index (κ3) is 2.58. The highest BCUT2D eigenvalue weighted by atomic mass is 16.2. The van der Waals surface area contributed by atoms with Crippen molar-refractivity contribution in [3.05, 3.63) is 12.2 Å². The van der Waals surface area contributed by atoms with Gasteiger partial charge in [0.2, 0.25) is 0 Å². The number of carbonyl (C=O) groups excluding carboxylic acids is 2. The summed E-state index contributed by atoms with van der Waals surface area (Å²) in [6, 6.07) is 0. The van der Waals surface area contributed by atoms with Crippen LogP contribution < -0.4 is 17.0 Å². The van der Waals surface area contributed by atoms with Crippen LogP contribution in [0.1, 0.15) is 0 Å². The van der Waals surface area contributed by atoms with Gasteiger partial charge >= 0.3 is 0 Å². The van der Waals surface area contributed by atoms with Gasteiger partial charge in [0.05, 0.1) is 0 Å². The molecule has 1 heterocycles. The standard InChI is InChI=1S/C4H3NO2.H4N2/c6-3-1-2-4(7)5-3;1-2/h1-2H,(H,5,6,7);1-2H2. The minimum Gasteiger partial charge on any atom is -0.289 e. The molecule has 5 heteroatoms. The van der Waals surface area contributed by atoms with E-state index in [9.17, 15) is 9.59 Å². The molecule has 0 atom stereocenters. The Morgan fingerprint density at radius 3 is 1.56 bits per heavy atom. The van der Waals surface area contributed by atoms with Crippen molar-refractivity contribution in [2.75, 3.05) is 0 Å². The molecule has 0 aromatic heterocycles. The lowest BCUT2D eigenvalue weighted by Gasteiger charge is -1.80. The van der Waals surface area contributed by atoms with E-state index in [0.29, 0.717) is 0 Å². The fourth-order valence-corrected chi connectivity index (χ4v) is 0.356. The van der Waals surface area contributed by atoms with Gasteiger partial charge in [0.15, 0.2) is 0 Å². The summed E-state index contributed by atoms with van der Waals surface area (Å²) in [5.41, 5.74) is 0. The molecule has 0 fully saturated rings. The second-order valence-corrected chi connectivity index (χ2v) is 1.19. The van der Waals surface area contributed by atoms with Crippen LogP contribution in [0.4, 0.5) is 0 Å². The maximum Gasteiger partial charge on any atom is 0.250 e. The van der Waals surface area contributed by atoms with Gasteiger partial charge in [-0.2, -0.15) is 0 Å². The first-order valence-electron chi connectivity index (χ1n) is 2.15. The molecule has 2 amide bonds. The van der Waals surface area contributed by atoms with E-state index in [4.69, 9.17) is 0 Å². The summed E-state index contributed by atoms with van der Waals surface area (Å²) in [6.07, 6.45) is 2.39. The third-order valence-corrected chi connectivity index (χ3v) is 0.632. The molecule has 9 heavy (non-hydrogen) atoms. The van der Waals surface area contributed by atoms with Gasteiger partial charge < -0.3 is 0 Å². The van der Waals surface area contributed by atoms with E-state index >= 15 is 0 Å². The molecule has 50 valence electrons. The summed E-state index contributed by atoms with van der Waals surface area (Å²) < 4.78 is 0. The van der Waals surface area contributed by atoms with Crippen molar-refractivity contribution in [2.24, 2.45) is 11.7 Å². The van der Waals surface area contributed by atoms with Gasteiger partial charge in [-0.05, 0) is 0 Å². The molecule has 0 saturated carbocycles. The predicted octanol–water partition coefficient (Wildman–Crippen LogP) is -1.98. The van der Waals surface area contributed by atoms with Crippen LogP contribution in [0.15, 0.2) is 12.2 Å². The van der Waals surface area contributed by atoms with Gasteiger partial charge in [0.1, 0.15) is 0 Å². The minimum absolute atomic E-state index is 0.329. The van der Waals surface area contributed by atoms with Gasteiger partial charge in [-0.1, -0.05) is 0 Å². The maximum atomic E-state index is 10.0. The van der Waals surface area contributed by atoms with Crippen molar-refractivity contribution in [1.29, 1.82) is 0 Å². The largest absolute Gasteiger partial charge is 0.289 e. The van der Waals surface area contributed by atoms with Crippen molar-refractivity contribution in [3.63, 3.8) is 0 Å². The molecule has 0 radical (unpaired) electrons. The lowest BCUT2D eigenvalue weighted by atomic mass is 10.6. The molecule has 0 unspecified atom stereocenters.